The van der Waals surface area contributed by atoms with Crippen LogP contribution in [-0.4, -0.2) is 11.1 Å². The first-order valence-electron chi connectivity index (χ1n) is 4.78. The van der Waals surface area contributed by atoms with Crippen molar-refractivity contribution in [2.45, 2.75) is 19.9 Å². The van der Waals surface area contributed by atoms with Gasteiger partial charge in [0.1, 0.15) is 6.42 Å². The molecule has 86 valence electrons. The molecule has 1 N–H and O–H groups in total. The summed E-state index contributed by atoms with van der Waals surface area (Å²) in [5.74, 6) is -0.0652. The van der Waals surface area contributed by atoms with Crippen molar-refractivity contribution in [3.05, 3.63) is 30.2 Å². The number of rotatable bonds is 3. The molecule has 0 aliphatic heterocycles. The fourth-order valence-corrected chi connectivity index (χ4v) is 1.64. The number of hydrogen-bond donors (Lipinski definition) is 1. The summed E-state index contributed by atoms with van der Waals surface area (Å²) in [4.78, 5) is 10.5. The molecule has 0 saturated carbocycles. The van der Waals surface area contributed by atoms with Crippen LogP contribution in [0.3, 0.4) is 0 Å². The number of carbonyl (C=O) groups is 1. The van der Waals surface area contributed by atoms with Crippen LogP contribution in [0.25, 0.3) is 11.1 Å². The van der Waals surface area contributed by atoms with Gasteiger partial charge in [0.05, 0.1) is 6.92 Å². The molecule has 4 nitrogen and oxygen atoms in total. The van der Waals surface area contributed by atoms with Gasteiger partial charge in [0, 0.05) is 6.07 Å². The topological polar surface area (TPSA) is 54.3 Å². The molecule has 0 aliphatic rings. The Labute approximate surface area is 103 Å². The predicted molar refractivity (Wildman–Crippen MR) is 53.4 cm³/mol. The number of aromatic nitrogens is 1. The number of fused-ring (bicyclic) bond motifs is 1. The molecule has 0 spiro atoms. The summed E-state index contributed by atoms with van der Waals surface area (Å²) >= 11 is 0. The van der Waals surface area contributed by atoms with E-state index in [1.807, 2.05) is 35.8 Å². The van der Waals surface area contributed by atoms with Crippen LogP contribution < -0.4 is 21.5 Å². The molecule has 16 heavy (non-hydrogen) atoms. The predicted octanol–water partition coefficient (Wildman–Crippen LogP) is -1.49. The van der Waals surface area contributed by atoms with E-state index in [1.165, 1.54) is 0 Å². The van der Waals surface area contributed by atoms with Gasteiger partial charge in [0.2, 0.25) is 5.58 Å². The maximum absolute atomic E-state index is 10.5. The highest BCUT2D eigenvalue weighted by Gasteiger charge is 2.18. The van der Waals surface area contributed by atoms with Crippen LogP contribution in [0.2, 0.25) is 0 Å². The second-order valence-electron chi connectivity index (χ2n) is 3.38. The van der Waals surface area contributed by atoms with Crippen LogP contribution in [0.15, 0.2) is 28.7 Å². The van der Waals surface area contributed by atoms with Crippen molar-refractivity contribution in [3.63, 3.8) is 0 Å². The molecular weight excluding hydrogens is 274 g/mol. The molecule has 0 amide bonds. The van der Waals surface area contributed by atoms with E-state index in [2.05, 4.69) is 0 Å². The number of oxazole rings is 1. The van der Waals surface area contributed by atoms with E-state index in [4.69, 9.17) is 9.52 Å². The van der Waals surface area contributed by atoms with Crippen LogP contribution in [-0.2, 0) is 11.3 Å². The second-order valence-corrected chi connectivity index (χ2v) is 3.38. The SMILES string of the molecule is Cc1oc2ccccc2[n+]1CCC(=O)O.[Br-]. The Morgan fingerprint density at radius 1 is 1.44 bits per heavy atom. The summed E-state index contributed by atoms with van der Waals surface area (Å²) in [6.07, 6.45) is 0.106. The molecule has 5 heteroatoms. The second kappa shape index (κ2) is 5.12. The fraction of sp³-hybridized carbons (Fsp3) is 0.273. The standard InChI is InChI=1S/C11H11NO3.BrH/c1-8-12(7-6-11(13)14)9-4-2-3-5-10(9)15-8;/h2-5H,6-7H2,1H3;1H. The Morgan fingerprint density at radius 3 is 2.81 bits per heavy atom. The van der Waals surface area contributed by atoms with Crippen molar-refractivity contribution in [2.75, 3.05) is 0 Å². The van der Waals surface area contributed by atoms with Crippen molar-refractivity contribution in [1.82, 2.24) is 0 Å². The third-order valence-corrected chi connectivity index (χ3v) is 2.34. The van der Waals surface area contributed by atoms with E-state index in [9.17, 15) is 4.79 Å². The van der Waals surface area contributed by atoms with Crippen molar-refractivity contribution in [3.8, 4) is 0 Å². The van der Waals surface area contributed by atoms with Gasteiger partial charge >= 0.3 is 11.9 Å². The highest BCUT2D eigenvalue weighted by Crippen LogP contribution is 2.12. The van der Waals surface area contributed by atoms with E-state index in [0.29, 0.717) is 6.54 Å². The highest BCUT2D eigenvalue weighted by molar-refractivity contribution is 5.69. The van der Waals surface area contributed by atoms with Gasteiger partial charge in [-0.1, -0.05) is 12.1 Å². The summed E-state index contributed by atoms with van der Waals surface area (Å²) in [5, 5.41) is 8.63. The van der Waals surface area contributed by atoms with Gasteiger partial charge in [-0.3, -0.25) is 4.79 Å². The molecule has 2 rings (SSSR count). The quantitative estimate of drug-likeness (QED) is 0.699. The smallest absolute Gasteiger partial charge is 0.344 e. The van der Waals surface area contributed by atoms with Crippen molar-refractivity contribution >= 4 is 17.1 Å². The summed E-state index contributed by atoms with van der Waals surface area (Å²) in [5.41, 5.74) is 1.73. The molecule has 2 aromatic rings. The number of benzene rings is 1. The zero-order chi connectivity index (χ0) is 10.8. The Kier molecular flexibility index (Phi) is 4.06. The number of nitrogens with zero attached hydrogens (tertiary/aromatic N) is 1. The van der Waals surface area contributed by atoms with Gasteiger partial charge in [-0.25, -0.2) is 0 Å². The van der Waals surface area contributed by atoms with Gasteiger partial charge < -0.3 is 26.5 Å². The monoisotopic (exact) mass is 285 g/mol. The van der Waals surface area contributed by atoms with Gasteiger partial charge in [-0.15, -0.1) is 0 Å². The van der Waals surface area contributed by atoms with Crippen LogP contribution in [0, 0.1) is 6.92 Å². The zero-order valence-electron chi connectivity index (χ0n) is 8.81. The maximum atomic E-state index is 10.5. The average Bonchev–Trinajstić information content (AvgIpc) is 2.50. The first-order chi connectivity index (χ1) is 7.18. The fourth-order valence-electron chi connectivity index (χ4n) is 1.64. The van der Waals surface area contributed by atoms with Gasteiger partial charge in [0.15, 0.2) is 6.54 Å². The Bertz CT molecular complexity index is 507. The van der Waals surface area contributed by atoms with Crippen molar-refractivity contribution < 1.29 is 35.9 Å². The lowest BCUT2D eigenvalue weighted by atomic mass is 10.3. The minimum Gasteiger partial charge on any atom is -1.00 e. The maximum Gasteiger partial charge on any atom is 0.344 e. The number of halogens is 1. The van der Waals surface area contributed by atoms with Gasteiger partial charge in [0.25, 0.3) is 5.52 Å². The summed E-state index contributed by atoms with van der Waals surface area (Å²) in [6, 6.07) is 7.61. The van der Waals surface area contributed by atoms with Crippen molar-refractivity contribution in [2.24, 2.45) is 0 Å². The first-order valence-corrected chi connectivity index (χ1v) is 4.78. The van der Waals surface area contributed by atoms with E-state index < -0.39 is 5.97 Å². The highest BCUT2D eigenvalue weighted by atomic mass is 79.9. The van der Waals surface area contributed by atoms with E-state index in [1.54, 1.807) is 0 Å². The van der Waals surface area contributed by atoms with E-state index in [0.717, 1.165) is 17.0 Å². The lowest BCUT2D eigenvalue weighted by Gasteiger charge is -1.91. The Balaban J connectivity index is 0.00000128. The molecule has 0 fully saturated rings. The minimum absolute atomic E-state index is 0. The Hall–Kier alpha value is -1.36. The number of hydrogen-bond acceptors (Lipinski definition) is 2. The molecule has 1 aromatic heterocycles. The molecule has 1 heterocycles. The minimum atomic E-state index is -0.799. The van der Waals surface area contributed by atoms with Crippen LogP contribution >= 0.6 is 0 Å². The third kappa shape index (κ3) is 2.41. The number of carboxylic acids is 1. The molecule has 0 atom stereocenters. The summed E-state index contributed by atoms with van der Waals surface area (Å²) in [7, 11) is 0. The zero-order valence-corrected chi connectivity index (χ0v) is 10.4. The van der Waals surface area contributed by atoms with E-state index in [-0.39, 0.29) is 23.4 Å². The largest absolute Gasteiger partial charge is 1.00 e. The molecular formula is C11H12BrNO3. The van der Waals surface area contributed by atoms with Crippen LogP contribution in [0.5, 0.6) is 0 Å². The normalized spacial score (nSPS) is 10.1. The number of aliphatic carboxylic acids is 1. The number of carboxylic acid groups (broad SMARTS) is 1. The first kappa shape index (κ1) is 12.7. The lowest BCUT2D eigenvalue weighted by molar-refractivity contribution is -0.681. The number of aryl methyl sites for hydroxylation is 2. The molecule has 0 unspecified atom stereocenters. The van der Waals surface area contributed by atoms with Gasteiger partial charge in [-0.2, -0.15) is 4.57 Å². The lowest BCUT2D eigenvalue weighted by Crippen LogP contribution is -3.00. The molecule has 0 bridgehead atoms. The molecule has 1 aromatic carbocycles. The molecule has 0 radical (unpaired) electrons. The molecule has 0 aliphatic carbocycles. The number of para-hydroxylation sites is 2. The summed E-state index contributed by atoms with van der Waals surface area (Å²) < 4.78 is 7.38. The Morgan fingerprint density at radius 2 is 2.12 bits per heavy atom. The summed E-state index contributed by atoms with van der Waals surface area (Å²) in [6.45, 7) is 2.28. The van der Waals surface area contributed by atoms with Gasteiger partial charge in [-0.05, 0) is 6.07 Å². The molecule has 0 saturated heterocycles. The van der Waals surface area contributed by atoms with E-state index >= 15 is 0 Å². The van der Waals surface area contributed by atoms with Crippen LogP contribution in [0.4, 0.5) is 0 Å². The average molecular weight is 286 g/mol. The third-order valence-electron chi connectivity index (χ3n) is 2.34. The van der Waals surface area contributed by atoms with Crippen LogP contribution in [0.1, 0.15) is 12.3 Å². The van der Waals surface area contributed by atoms with Crippen molar-refractivity contribution in [1.29, 1.82) is 0 Å².